The van der Waals surface area contributed by atoms with Crippen molar-refractivity contribution in [3.8, 4) is 40.0 Å². The van der Waals surface area contributed by atoms with Gasteiger partial charge in [-0.05, 0) is 60.2 Å². The molecular formula is C31H28N4O7S. The smallest absolute Gasteiger partial charge is 0.343 e. The van der Waals surface area contributed by atoms with Gasteiger partial charge in [-0.15, -0.1) is 17.9 Å². The Bertz CT molecular complexity index is 1750. The zero-order valence-electron chi connectivity index (χ0n) is 23.7. The lowest BCUT2D eigenvalue weighted by atomic mass is 10.1. The summed E-state index contributed by atoms with van der Waals surface area (Å²) in [6, 6.07) is 15.5. The Morgan fingerprint density at radius 2 is 1.81 bits per heavy atom. The molecule has 0 bridgehead atoms. The molecule has 0 saturated carbocycles. The summed E-state index contributed by atoms with van der Waals surface area (Å²) >= 11 is 1.43. The summed E-state index contributed by atoms with van der Waals surface area (Å²) in [6.07, 6.45) is 3.38. The lowest BCUT2D eigenvalue weighted by Gasteiger charge is -2.18. The number of aromatic nitrogens is 1. The standard InChI is InChI=1S/C31H28N4O7S/c1-5-12-32-31-35(24(18-43-31)20-8-11-25-23(13-20)34-28(36)17-41-25)33-16-19-6-9-22(10-7-19)42-30(37)21-14-26(38-2)29(40-4)27(15-21)39-3/h5-11,13-16,18H,1,12,17H2,2-4H3,(H,34,36). The quantitative estimate of drug-likeness (QED) is 0.121. The molecule has 1 N–H and O–H groups in total. The molecule has 12 heteroatoms. The van der Waals surface area contributed by atoms with Gasteiger partial charge >= 0.3 is 5.97 Å². The number of methoxy groups -OCH3 is 3. The number of ether oxygens (including phenoxy) is 5. The molecule has 1 aromatic heterocycles. The molecule has 0 spiro atoms. The van der Waals surface area contributed by atoms with E-state index >= 15 is 0 Å². The molecule has 5 rings (SSSR count). The highest BCUT2D eigenvalue weighted by Gasteiger charge is 2.19. The van der Waals surface area contributed by atoms with E-state index in [1.54, 1.807) is 41.2 Å². The van der Waals surface area contributed by atoms with E-state index in [9.17, 15) is 9.59 Å². The number of rotatable bonds is 10. The van der Waals surface area contributed by atoms with Crippen molar-refractivity contribution in [1.82, 2.24) is 4.68 Å². The summed E-state index contributed by atoms with van der Waals surface area (Å²) in [4.78, 5) is 29.9. The molecule has 0 unspecified atom stereocenters. The Balaban J connectivity index is 1.38. The summed E-state index contributed by atoms with van der Waals surface area (Å²) < 4.78 is 28.7. The van der Waals surface area contributed by atoms with Crippen LogP contribution < -0.4 is 33.8 Å². The highest BCUT2D eigenvalue weighted by atomic mass is 32.1. The molecule has 1 aliphatic rings. The van der Waals surface area contributed by atoms with Crippen LogP contribution in [0.25, 0.3) is 11.3 Å². The lowest BCUT2D eigenvalue weighted by molar-refractivity contribution is -0.118. The molecule has 0 aliphatic carbocycles. The van der Waals surface area contributed by atoms with Gasteiger partial charge in [-0.3, -0.25) is 9.79 Å². The van der Waals surface area contributed by atoms with Gasteiger partial charge in [-0.1, -0.05) is 6.08 Å². The number of fused-ring (bicyclic) bond motifs is 1. The van der Waals surface area contributed by atoms with Gasteiger partial charge < -0.3 is 29.0 Å². The minimum Gasteiger partial charge on any atom is -0.493 e. The summed E-state index contributed by atoms with van der Waals surface area (Å²) in [7, 11) is 4.44. The van der Waals surface area contributed by atoms with Crippen LogP contribution in [-0.4, -0.2) is 57.2 Å². The molecule has 2 heterocycles. The molecule has 0 saturated heterocycles. The fourth-order valence-corrected chi connectivity index (χ4v) is 5.06. The van der Waals surface area contributed by atoms with Crippen LogP contribution in [0.4, 0.5) is 5.69 Å². The van der Waals surface area contributed by atoms with Crippen molar-refractivity contribution in [2.24, 2.45) is 10.1 Å². The Hall–Kier alpha value is -5.36. The predicted octanol–water partition coefficient (Wildman–Crippen LogP) is 4.76. The lowest BCUT2D eigenvalue weighted by Crippen LogP contribution is -2.25. The van der Waals surface area contributed by atoms with Gasteiger partial charge in [0.1, 0.15) is 11.5 Å². The molecule has 1 amide bonds. The number of hydrogen-bond donors (Lipinski definition) is 1. The zero-order valence-corrected chi connectivity index (χ0v) is 24.5. The van der Waals surface area contributed by atoms with Gasteiger partial charge in [0.25, 0.3) is 5.91 Å². The number of anilines is 1. The van der Waals surface area contributed by atoms with Gasteiger partial charge in [-0.2, -0.15) is 5.10 Å². The van der Waals surface area contributed by atoms with E-state index in [4.69, 9.17) is 28.8 Å². The first-order valence-corrected chi connectivity index (χ1v) is 13.9. The molecule has 4 aromatic rings. The van der Waals surface area contributed by atoms with Crippen molar-refractivity contribution < 1.29 is 33.3 Å². The van der Waals surface area contributed by atoms with Crippen LogP contribution in [0.1, 0.15) is 15.9 Å². The fourth-order valence-electron chi connectivity index (χ4n) is 4.21. The third-order valence-corrected chi connectivity index (χ3v) is 7.12. The van der Waals surface area contributed by atoms with Crippen molar-refractivity contribution in [3.63, 3.8) is 0 Å². The van der Waals surface area contributed by atoms with E-state index in [0.29, 0.717) is 45.8 Å². The zero-order chi connectivity index (χ0) is 30.3. The SMILES string of the molecule is C=CCN=c1scc(-c2ccc3c(c2)NC(=O)CO3)n1N=Cc1ccc(OC(=O)c2cc(OC)c(OC)c(OC)c2)cc1. The maximum absolute atomic E-state index is 12.9. The Kier molecular flexibility index (Phi) is 8.87. The van der Waals surface area contributed by atoms with Crippen molar-refractivity contribution in [1.29, 1.82) is 0 Å². The fraction of sp³-hybridized carbons (Fsp3) is 0.161. The number of nitrogens with zero attached hydrogens (tertiary/aromatic N) is 3. The number of nitrogens with one attached hydrogen (secondary N) is 1. The summed E-state index contributed by atoms with van der Waals surface area (Å²) in [5.74, 6) is 1.23. The topological polar surface area (TPSA) is 122 Å². The maximum atomic E-state index is 12.9. The molecule has 0 radical (unpaired) electrons. The number of esters is 1. The third-order valence-electron chi connectivity index (χ3n) is 6.26. The first-order chi connectivity index (χ1) is 20.9. The summed E-state index contributed by atoms with van der Waals surface area (Å²) in [5, 5.41) is 9.47. The van der Waals surface area contributed by atoms with Gasteiger partial charge in [0.2, 0.25) is 10.6 Å². The third kappa shape index (κ3) is 6.44. The minimum atomic E-state index is -0.584. The summed E-state index contributed by atoms with van der Waals surface area (Å²) in [6.45, 7) is 4.16. The van der Waals surface area contributed by atoms with Crippen LogP contribution in [0.3, 0.4) is 0 Å². The largest absolute Gasteiger partial charge is 0.493 e. The van der Waals surface area contributed by atoms with Crippen LogP contribution in [0, 0.1) is 0 Å². The minimum absolute atomic E-state index is 0.0113. The predicted molar refractivity (Wildman–Crippen MR) is 163 cm³/mol. The van der Waals surface area contributed by atoms with E-state index in [0.717, 1.165) is 16.8 Å². The number of thiazole rings is 1. The molecule has 3 aromatic carbocycles. The van der Waals surface area contributed by atoms with Crippen molar-refractivity contribution in [2.75, 3.05) is 39.8 Å². The number of hydrogen-bond acceptors (Lipinski definition) is 10. The van der Waals surface area contributed by atoms with E-state index in [-0.39, 0.29) is 18.1 Å². The monoisotopic (exact) mass is 600 g/mol. The Morgan fingerprint density at radius 3 is 2.49 bits per heavy atom. The van der Waals surface area contributed by atoms with Crippen LogP contribution in [-0.2, 0) is 4.79 Å². The second kappa shape index (κ2) is 13.1. The Morgan fingerprint density at radius 1 is 1.07 bits per heavy atom. The molecule has 220 valence electrons. The van der Waals surface area contributed by atoms with Gasteiger partial charge in [0.15, 0.2) is 18.1 Å². The second-order valence-corrected chi connectivity index (χ2v) is 9.85. The van der Waals surface area contributed by atoms with Crippen molar-refractivity contribution in [2.45, 2.75) is 0 Å². The first kappa shape index (κ1) is 29.1. The Labute approximate surface area is 251 Å². The normalized spacial score (nSPS) is 12.7. The molecule has 0 atom stereocenters. The molecular weight excluding hydrogens is 572 g/mol. The molecule has 1 aliphatic heterocycles. The van der Waals surface area contributed by atoms with E-state index in [1.165, 1.54) is 44.8 Å². The van der Waals surface area contributed by atoms with Crippen LogP contribution in [0.15, 0.2) is 82.7 Å². The van der Waals surface area contributed by atoms with E-state index in [1.807, 2.05) is 23.6 Å². The average Bonchev–Trinajstić information content (AvgIpc) is 3.44. The van der Waals surface area contributed by atoms with Gasteiger partial charge in [0.05, 0.1) is 51.0 Å². The van der Waals surface area contributed by atoms with Gasteiger partial charge in [-0.25, -0.2) is 9.47 Å². The van der Waals surface area contributed by atoms with Crippen LogP contribution in [0.2, 0.25) is 0 Å². The van der Waals surface area contributed by atoms with E-state index in [2.05, 4.69) is 16.9 Å². The number of amides is 1. The maximum Gasteiger partial charge on any atom is 0.343 e. The summed E-state index contributed by atoms with van der Waals surface area (Å²) in [5.41, 5.74) is 3.20. The van der Waals surface area contributed by atoms with Gasteiger partial charge in [0, 0.05) is 10.9 Å². The van der Waals surface area contributed by atoms with Crippen LogP contribution >= 0.6 is 11.3 Å². The highest BCUT2D eigenvalue weighted by Crippen LogP contribution is 2.38. The molecule has 11 nitrogen and oxygen atoms in total. The van der Waals surface area contributed by atoms with Crippen molar-refractivity contribution >= 4 is 35.1 Å². The molecule has 43 heavy (non-hydrogen) atoms. The first-order valence-electron chi connectivity index (χ1n) is 13.0. The second-order valence-electron chi connectivity index (χ2n) is 9.01. The van der Waals surface area contributed by atoms with E-state index < -0.39 is 5.97 Å². The average molecular weight is 601 g/mol. The van der Waals surface area contributed by atoms with Crippen LogP contribution in [0.5, 0.6) is 28.7 Å². The highest BCUT2D eigenvalue weighted by molar-refractivity contribution is 7.07. The van der Waals surface area contributed by atoms with Crippen molar-refractivity contribution in [3.05, 3.63) is 88.6 Å². The number of carbonyl (C=O) groups excluding carboxylic acids is 2. The number of benzene rings is 3. The molecule has 0 fully saturated rings. The number of carbonyl (C=O) groups is 2.